The standard InChI is InChI=1S/C14H22O2S2/c1-10-13(18-8-7-17-10)12(15)11-3-6-16-14(9-11)4-2-5-14/h10-11,13H,2-9H2,1H3. The minimum Gasteiger partial charge on any atom is -0.375 e. The molecule has 0 amide bonds. The first-order chi connectivity index (χ1) is 8.70. The van der Waals surface area contributed by atoms with Crippen LogP contribution in [0.15, 0.2) is 0 Å². The second kappa shape index (κ2) is 5.37. The molecular weight excluding hydrogens is 264 g/mol. The molecule has 18 heavy (non-hydrogen) atoms. The number of Topliss-reactive ketones (excluding diaryl/α,β-unsaturated/α-hetero) is 1. The van der Waals surface area contributed by atoms with Gasteiger partial charge in [0, 0.05) is 29.3 Å². The van der Waals surface area contributed by atoms with E-state index in [4.69, 9.17) is 4.74 Å². The minimum atomic E-state index is 0.105. The molecule has 0 radical (unpaired) electrons. The fourth-order valence-corrected chi connectivity index (χ4v) is 6.17. The monoisotopic (exact) mass is 286 g/mol. The van der Waals surface area contributed by atoms with Gasteiger partial charge in [-0.1, -0.05) is 6.92 Å². The molecule has 1 saturated carbocycles. The van der Waals surface area contributed by atoms with E-state index in [1.807, 2.05) is 23.5 Å². The van der Waals surface area contributed by atoms with Crippen LogP contribution in [0.3, 0.4) is 0 Å². The number of rotatable bonds is 2. The van der Waals surface area contributed by atoms with Crippen LogP contribution < -0.4 is 0 Å². The van der Waals surface area contributed by atoms with E-state index in [1.54, 1.807) is 0 Å². The summed E-state index contributed by atoms with van der Waals surface area (Å²) in [5.41, 5.74) is 0.105. The van der Waals surface area contributed by atoms with Crippen molar-refractivity contribution in [2.45, 2.75) is 55.1 Å². The largest absolute Gasteiger partial charge is 0.375 e. The zero-order valence-electron chi connectivity index (χ0n) is 11.0. The van der Waals surface area contributed by atoms with Gasteiger partial charge in [0.1, 0.15) is 5.78 Å². The highest BCUT2D eigenvalue weighted by atomic mass is 32.2. The first-order valence-corrected chi connectivity index (χ1v) is 9.21. The number of carbonyl (C=O) groups is 1. The lowest BCUT2D eigenvalue weighted by atomic mass is 9.71. The topological polar surface area (TPSA) is 26.3 Å². The van der Waals surface area contributed by atoms with Crippen molar-refractivity contribution >= 4 is 29.3 Å². The predicted octanol–water partition coefficient (Wildman–Crippen LogP) is 3.14. The van der Waals surface area contributed by atoms with Crippen molar-refractivity contribution in [2.75, 3.05) is 18.1 Å². The Balaban J connectivity index is 1.64. The zero-order chi connectivity index (χ0) is 12.6. The number of ketones is 1. The van der Waals surface area contributed by atoms with E-state index in [-0.39, 0.29) is 16.8 Å². The maximum absolute atomic E-state index is 12.7. The van der Waals surface area contributed by atoms with Crippen LogP contribution in [0, 0.1) is 5.92 Å². The van der Waals surface area contributed by atoms with Crippen molar-refractivity contribution in [3.8, 4) is 0 Å². The van der Waals surface area contributed by atoms with Gasteiger partial charge in [-0.2, -0.15) is 11.8 Å². The van der Waals surface area contributed by atoms with Gasteiger partial charge in [-0.05, 0) is 32.1 Å². The van der Waals surface area contributed by atoms with Crippen LogP contribution in [0.5, 0.6) is 0 Å². The van der Waals surface area contributed by atoms with Crippen molar-refractivity contribution in [1.82, 2.24) is 0 Å². The normalized spacial score (nSPS) is 39.3. The molecule has 102 valence electrons. The third kappa shape index (κ3) is 2.48. The van der Waals surface area contributed by atoms with Gasteiger partial charge in [-0.15, -0.1) is 11.8 Å². The average molecular weight is 286 g/mol. The molecule has 1 spiro atoms. The number of thioether (sulfide) groups is 2. The highest BCUT2D eigenvalue weighted by Gasteiger charge is 2.46. The molecule has 2 heterocycles. The molecule has 3 fully saturated rings. The summed E-state index contributed by atoms with van der Waals surface area (Å²) in [5.74, 6) is 3.14. The SMILES string of the molecule is CC1SCCSC1C(=O)C1CCOC2(CCC2)C1. The van der Waals surface area contributed by atoms with E-state index in [0.717, 1.165) is 25.2 Å². The molecule has 2 saturated heterocycles. The van der Waals surface area contributed by atoms with E-state index in [9.17, 15) is 4.79 Å². The van der Waals surface area contributed by atoms with Gasteiger partial charge in [0.2, 0.25) is 0 Å². The third-order valence-corrected chi connectivity index (χ3v) is 7.74. The van der Waals surface area contributed by atoms with Crippen molar-refractivity contribution in [3.05, 3.63) is 0 Å². The Morgan fingerprint density at radius 1 is 1.28 bits per heavy atom. The van der Waals surface area contributed by atoms with Crippen LogP contribution in [0.4, 0.5) is 0 Å². The van der Waals surface area contributed by atoms with E-state index < -0.39 is 0 Å². The molecule has 2 aliphatic heterocycles. The molecule has 2 nitrogen and oxygen atoms in total. The summed E-state index contributed by atoms with van der Waals surface area (Å²) in [6.45, 7) is 3.02. The van der Waals surface area contributed by atoms with Gasteiger partial charge in [0.15, 0.2) is 0 Å². The lowest BCUT2D eigenvalue weighted by Gasteiger charge is -2.47. The molecule has 1 aliphatic carbocycles. The van der Waals surface area contributed by atoms with Gasteiger partial charge >= 0.3 is 0 Å². The van der Waals surface area contributed by atoms with Crippen LogP contribution in [-0.4, -0.2) is 40.0 Å². The Bertz CT molecular complexity index is 328. The average Bonchev–Trinajstić information content (AvgIpc) is 2.37. The van der Waals surface area contributed by atoms with Crippen LogP contribution in [0.2, 0.25) is 0 Å². The third-order valence-electron chi connectivity index (χ3n) is 4.63. The smallest absolute Gasteiger partial charge is 0.150 e. The summed E-state index contributed by atoms with van der Waals surface area (Å²) >= 11 is 3.85. The Morgan fingerprint density at radius 2 is 2.06 bits per heavy atom. The zero-order valence-corrected chi connectivity index (χ0v) is 12.7. The molecule has 3 unspecified atom stereocenters. The first kappa shape index (κ1) is 13.3. The van der Waals surface area contributed by atoms with Crippen LogP contribution in [0.1, 0.15) is 39.0 Å². The summed E-state index contributed by atoms with van der Waals surface area (Å²) in [7, 11) is 0. The van der Waals surface area contributed by atoms with Crippen LogP contribution >= 0.6 is 23.5 Å². The highest BCUT2D eigenvalue weighted by Crippen LogP contribution is 2.45. The van der Waals surface area contributed by atoms with Crippen molar-refractivity contribution in [1.29, 1.82) is 0 Å². The number of ether oxygens (including phenoxy) is 1. The lowest BCUT2D eigenvalue weighted by molar-refractivity contribution is -0.155. The Labute approximate surface area is 118 Å². The molecule has 3 atom stereocenters. The molecule has 4 heteroatoms. The predicted molar refractivity (Wildman–Crippen MR) is 78.4 cm³/mol. The second-order valence-electron chi connectivity index (χ2n) is 5.84. The fraction of sp³-hybridized carbons (Fsp3) is 0.929. The van der Waals surface area contributed by atoms with Gasteiger partial charge in [0.25, 0.3) is 0 Å². The van der Waals surface area contributed by atoms with Gasteiger partial charge in [-0.25, -0.2) is 0 Å². The highest BCUT2D eigenvalue weighted by molar-refractivity contribution is 8.07. The molecular formula is C14H22O2S2. The maximum Gasteiger partial charge on any atom is 0.150 e. The second-order valence-corrected chi connectivity index (χ2v) is 8.58. The quantitative estimate of drug-likeness (QED) is 0.779. The van der Waals surface area contributed by atoms with E-state index >= 15 is 0 Å². The number of hydrogen-bond donors (Lipinski definition) is 0. The molecule has 3 aliphatic rings. The Kier molecular flexibility index (Phi) is 3.98. The summed E-state index contributed by atoms with van der Waals surface area (Å²) in [6, 6.07) is 0. The maximum atomic E-state index is 12.7. The van der Waals surface area contributed by atoms with Crippen LogP contribution in [0.25, 0.3) is 0 Å². The lowest BCUT2D eigenvalue weighted by Crippen LogP contribution is -2.49. The first-order valence-electron chi connectivity index (χ1n) is 7.11. The van der Waals surface area contributed by atoms with Crippen molar-refractivity contribution in [3.63, 3.8) is 0 Å². The summed E-state index contributed by atoms with van der Waals surface area (Å²) in [5, 5.41) is 0.736. The van der Waals surface area contributed by atoms with Crippen molar-refractivity contribution in [2.24, 2.45) is 5.92 Å². The minimum absolute atomic E-state index is 0.105. The Hall–Kier alpha value is 0.330. The molecule has 0 aromatic carbocycles. The van der Waals surface area contributed by atoms with E-state index in [2.05, 4.69) is 6.92 Å². The molecule has 3 rings (SSSR count). The van der Waals surface area contributed by atoms with Gasteiger partial charge in [-0.3, -0.25) is 4.79 Å². The van der Waals surface area contributed by atoms with E-state index in [0.29, 0.717) is 11.0 Å². The van der Waals surface area contributed by atoms with Crippen molar-refractivity contribution < 1.29 is 9.53 Å². The van der Waals surface area contributed by atoms with Gasteiger partial charge in [0.05, 0.1) is 10.9 Å². The molecule has 0 aromatic rings. The Morgan fingerprint density at radius 3 is 2.72 bits per heavy atom. The van der Waals surface area contributed by atoms with E-state index in [1.165, 1.54) is 25.0 Å². The molecule has 0 bridgehead atoms. The molecule has 0 aromatic heterocycles. The fourth-order valence-electron chi connectivity index (χ4n) is 3.37. The number of carbonyl (C=O) groups excluding carboxylic acids is 1. The summed E-state index contributed by atoms with van der Waals surface area (Å²) in [4.78, 5) is 12.7. The molecule has 0 N–H and O–H groups in total. The van der Waals surface area contributed by atoms with Crippen LogP contribution in [-0.2, 0) is 9.53 Å². The summed E-state index contributed by atoms with van der Waals surface area (Å²) < 4.78 is 5.93. The number of hydrogen-bond acceptors (Lipinski definition) is 4. The van der Waals surface area contributed by atoms with Gasteiger partial charge < -0.3 is 4.74 Å². The summed E-state index contributed by atoms with van der Waals surface area (Å²) in [6.07, 6.45) is 5.60.